The van der Waals surface area contributed by atoms with Crippen LogP contribution in [0.4, 0.5) is 52.7 Å². The van der Waals surface area contributed by atoms with Gasteiger partial charge < -0.3 is 10.2 Å². The van der Waals surface area contributed by atoms with Gasteiger partial charge in [0, 0.05) is 12.8 Å². The number of alkyl halides is 12. The molecule has 0 atom stereocenters. The molecule has 0 aromatic heterocycles. The normalized spacial score (nSPS) is 15.6. The number of hydrogen-bond donors (Lipinski definition) is 2. The fourth-order valence-electron chi connectivity index (χ4n) is 1.51. The smallest absolute Gasteiger partial charge is 0.373 e. The van der Waals surface area contributed by atoms with E-state index in [2.05, 4.69) is 6.58 Å². The molecule has 0 aromatic carbocycles. The summed E-state index contributed by atoms with van der Waals surface area (Å²) in [7, 11) is 0. The van der Waals surface area contributed by atoms with Crippen LogP contribution in [0.25, 0.3) is 0 Å². The third-order valence-electron chi connectivity index (χ3n) is 2.89. The molecule has 0 heterocycles. The molecule has 0 bridgehead atoms. The van der Waals surface area contributed by atoms with Gasteiger partial charge in [0.2, 0.25) is 0 Å². The van der Waals surface area contributed by atoms with Gasteiger partial charge in [0.15, 0.2) is 0 Å². The first-order chi connectivity index (χ1) is 10.1. The zero-order valence-corrected chi connectivity index (χ0v) is 11.1. The van der Waals surface area contributed by atoms with Gasteiger partial charge in [-0.25, -0.2) is 0 Å². The molecule has 144 valence electrons. The SMILES string of the molecule is C=C(CC(O)(C(F)(F)F)C(F)(F)F)CC(O)(C(F)(F)F)C(F)(F)F. The highest BCUT2D eigenvalue weighted by Crippen LogP contribution is 2.50. The van der Waals surface area contributed by atoms with Gasteiger partial charge in [-0.05, 0) is 0 Å². The number of halogens is 12. The van der Waals surface area contributed by atoms with Crippen LogP contribution in [-0.2, 0) is 0 Å². The maximum absolute atomic E-state index is 12.3. The molecule has 2 N–H and O–H groups in total. The van der Waals surface area contributed by atoms with Crippen molar-refractivity contribution in [2.75, 3.05) is 0 Å². The van der Waals surface area contributed by atoms with Crippen LogP contribution >= 0.6 is 0 Å². The molecule has 0 aliphatic heterocycles. The maximum atomic E-state index is 12.3. The quantitative estimate of drug-likeness (QED) is 0.564. The lowest BCUT2D eigenvalue weighted by Crippen LogP contribution is -2.59. The highest BCUT2D eigenvalue weighted by molar-refractivity contribution is 5.13. The van der Waals surface area contributed by atoms with Crippen molar-refractivity contribution in [2.24, 2.45) is 0 Å². The minimum Gasteiger partial charge on any atom is -0.373 e. The van der Waals surface area contributed by atoms with Gasteiger partial charge in [-0.2, -0.15) is 52.7 Å². The Balaban J connectivity index is 5.74. The molecule has 2 nitrogen and oxygen atoms in total. The fourth-order valence-corrected chi connectivity index (χ4v) is 1.51. The summed E-state index contributed by atoms with van der Waals surface area (Å²) in [6.45, 7) is 2.26. The van der Waals surface area contributed by atoms with E-state index in [1.54, 1.807) is 0 Å². The fraction of sp³-hybridized carbons (Fsp3) is 0.800. The number of hydrogen-bond acceptors (Lipinski definition) is 2. The topological polar surface area (TPSA) is 40.5 Å². The standard InChI is InChI=1S/C10H8F12O2/c1-4(2-5(23,7(11,12)13)8(14,15)16)3-6(24,9(17,18)19)10(20,21)22/h23-24H,1-3H2. The predicted octanol–water partition coefficient (Wildman–Crippen LogP) is 4.03. The van der Waals surface area contributed by atoms with Crippen molar-refractivity contribution in [3.63, 3.8) is 0 Å². The number of rotatable bonds is 4. The Kier molecular flexibility index (Phi) is 5.67. The van der Waals surface area contributed by atoms with Gasteiger partial charge >= 0.3 is 24.7 Å². The summed E-state index contributed by atoms with van der Waals surface area (Å²) >= 11 is 0. The third-order valence-corrected chi connectivity index (χ3v) is 2.89. The predicted molar refractivity (Wildman–Crippen MR) is 52.5 cm³/mol. The average molecular weight is 388 g/mol. The highest BCUT2D eigenvalue weighted by atomic mass is 19.4. The first-order valence-electron chi connectivity index (χ1n) is 5.48. The van der Waals surface area contributed by atoms with Crippen molar-refractivity contribution in [2.45, 2.75) is 48.7 Å². The van der Waals surface area contributed by atoms with Gasteiger partial charge in [0.25, 0.3) is 11.2 Å². The van der Waals surface area contributed by atoms with E-state index < -0.39 is 54.3 Å². The van der Waals surface area contributed by atoms with Crippen LogP contribution < -0.4 is 0 Å². The Bertz CT molecular complexity index is 396. The molecule has 0 fully saturated rings. The van der Waals surface area contributed by atoms with Crippen molar-refractivity contribution in [3.05, 3.63) is 12.2 Å². The van der Waals surface area contributed by atoms with Crippen LogP contribution in [0, 0.1) is 0 Å². The highest BCUT2D eigenvalue weighted by Gasteiger charge is 2.73. The molecule has 0 spiro atoms. The second-order valence-corrected chi connectivity index (χ2v) is 4.82. The van der Waals surface area contributed by atoms with Gasteiger partial charge in [-0.3, -0.25) is 0 Å². The Morgan fingerprint density at radius 2 is 0.708 bits per heavy atom. The maximum Gasteiger partial charge on any atom is 0.426 e. The second-order valence-electron chi connectivity index (χ2n) is 4.82. The molecular weight excluding hydrogens is 380 g/mol. The first kappa shape index (κ1) is 22.8. The van der Waals surface area contributed by atoms with E-state index in [0.29, 0.717) is 0 Å². The Labute approximate surface area is 125 Å². The molecule has 0 aliphatic carbocycles. The largest absolute Gasteiger partial charge is 0.426 e. The van der Waals surface area contributed by atoms with Crippen molar-refractivity contribution in [3.8, 4) is 0 Å². The zero-order chi connectivity index (χ0) is 20.0. The molecule has 24 heavy (non-hydrogen) atoms. The lowest BCUT2D eigenvalue weighted by Gasteiger charge is -2.36. The summed E-state index contributed by atoms with van der Waals surface area (Å²) in [5, 5.41) is 17.4. The Morgan fingerprint density at radius 3 is 0.833 bits per heavy atom. The van der Waals surface area contributed by atoms with Crippen LogP contribution in [0.15, 0.2) is 12.2 Å². The summed E-state index contributed by atoms with van der Waals surface area (Å²) < 4.78 is 148. The van der Waals surface area contributed by atoms with Gasteiger partial charge in [-0.1, -0.05) is 12.2 Å². The van der Waals surface area contributed by atoms with E-state index in [-0.39, 0.29) is 0 Å². The van der Waals surface area contributed by atoms with E-state index in [1.165, 1.54) is 0 Å². The average Bonchev–Trinajstić information content (AvgIpc) is 2.21. The van der Waals surface area contributed by atoms with Crippen LogP contribution in [0.5, 0.6) is 0 Å². The molecule has 14 heteroatoms. The molecule has 0 aliphatic rings. The van der Waals surface area contributed by atoms with Crippen molar-refractivity contribution in [1.29, 1.82) is 0 Å². The Hall–Kier alpha value is -1.18. The van der Waals surface area contributed by atoms with Gasteiger partial charge in [-0.15, -0.1) is 0 Å². The molecule has 0 radical (unpaired) electrons. The second kappa shape index (κ2) is 5.97. The summed E-state index contributed by atoms with van der Waals surface area (Å²) in [4.78, 5) is 0. The van der Waals surface area contributed by atoms with Gasteiger partial charge in [0.1, 0.15) is 0 Å². The molecule has 0 saturated carbocycles. The van der Waals surface area contributed by atoms with E-state index in [0.717, 1.165) is 0 Å². The minimum atomic E-state index is -6.47. The molecular formula is C10H8F12O2. The van der Waals surface area contributed by atoms with Crippen LogP contribution in [0.1, 0.15) is 12.8 Å². The first-order valence-corrected chi connectivity index (χ1v) is 5.48. The van der Waals surface area contributed by atoms with Gasteiger partial charge in [0.05, 0.1) is 0 Å². The van der Waals surface area contributed by atoms with Crippen molar-refractivity contribution < 1.29 is 62.9 Å². The summed E-state index contributed by atoms with van der Waals surface area (Å²) in [6.07, 6.45) is -31.4. The number of aliphatic hydroxyl groups is 2. The minimum absolute atomic E-state index is 1.97. The molecule has 0 aromatic rings. The molecule has 0 unspecified atom stereocenters. The third kappa shape index (κ3) is 4.07. The van der Waals surface area contributed by atoms with E-state index in [9.17, 15) is 52.7 Å². The monoisotopic (exact) mass is 388 g/mol. The molecule has 0 saturated heterocycles. The summed E-state index contributed by atoms with van der Waals surface area (Å²) in [6, 6.07) is 0. The Morgan fingerprint density at radius 1 is 0.542 bits per heavy atom. The van der Waals surface area contributed by atoms with Crippen LogP contribution in [0.2, 0.25) is 0 Å². The zero-order valence-electron chi connectivity index (χ0n) is 11.1. The van der Waals surface area contributed by atoms with E-state index >= 15 is 0 Å². The van der Waals surface area contributed by atoms with Crippen LogP contribution in [-0.4, -0.2) is 46.1 Å². The van der Waals surface area contributed by atoms with Crippen molar-refractivity contribution >= 4 is 0 Å². The molecule has 0 amide bonds. The lowest BCUT2D eigenvalue weighted by molar-refractivity contribution is -0.373. The molecule has 0 rings (SSSR count). The lowest BCUT2D eigenvalue weighted by atomic mass is 9.86. The van der Waals surface area contributed by atoms with Crippen molar-refractivity contribution in [1.82, 2.24) is 0 Å². The summed E-state index contributed by atoms with van der Waals surface area (Å²) in [5.41, 5.74) is -13.2. The summed E-state index contributed by atoms with van der Waals surface area (Å²) in [5.74, 6) is 0. The van der Waals surface area contributed by atoms with E-state index in [1.807, 2.05) is 0 Å². The van der Waals surface area contributed by atoms with Crippen LogP contribution in [0.3, 0.4) is 0 Å². The van der Waals surface area contributed by atoms with E-state index in [4.69, 9.17) is 10.2 Å².